The summed E-state index contributed by atoms with van der Waals surface area (Å²) in [5.41, 5.74) is 0.921. The number of likely N-dealkylation sites (tertiary alicyclic amines) is 1. The highest BCUT2D eigenvalue weighted by Gasteiger charge is 2.35. The highest BCUT2D eigenvalue weighted by Crippen LogP contribution is 2.34. The quantitative estimate of drug-likeness (QED) is 0.670. The molecule has 0 saturated carbocycles. The first kappa shape index (κ1) is 18.1. The Hall–Kier alpha value is -3.29. The minimum Gasteiger partial charge on any atom is -0.493 e. The number of nitrogens with zero attached hydrogens (tertiary/aromatic N) is 4. The van der Waals surface area contributed by atoms with E-state index in [2.05, 4.69) is 15.1 Å². The van der Waals surface area contributed by atoms with Crippen molar-refractivity contribution in [3.05, 3.63) is 59.9 Å². The van der Waals surface area contributed by atoms with Crippen molar-refractivity contribution in [3.63, 3.8) is 0 Å². The molecule has 1 unspecified atom stereocenters. The van der Waals surface area contributed by atoms with E-state index in [0.717, 1.165) is 19.0 Å². The highest BCUT2D eigenvalue weighted by atomic mass is 19.1. The van der Waals surface area contributed by atoms with Gasteiger partial charge in [0.2, 0.25) is 11.7 Å². The third-order valence-electron chi connectivity index (χ3n) is 4.61. The first-order valence-electron chi connectivity index (χ1n) is 9.15. The summed E-state index contributed by atoms with van der Waals surface area (Å²) in [6.45, 7) is 2.95. The number of carbonyl (C=O) groups is 1. The van der Waals surface area contributed by atoms with E-state index < -0.39 is 5.82 Å². The molecule has 3 heterocycles. The molecular weight excluding hydrogens is 363 g/mol. The largest absolute Gasteiger partial charge is 0.493 e. The second kappa shape index (κ2) is 7.75. The van der Waals surface area contributed by atoms with Crippen LogP contribution in [0.5, 0.6) is 5.75 Å². The van der Waals surface area contributed by atoms with Crippen LogP contribution in [-0.2, 0) is 0 Å². The predicted octanol–water partition coefficient (Wildman–Crippen LogP) is 3.65. The van der Waals surface area contributed by atoms with Crippen LogP contribution in [0, 0.1) is 5.82 Å². The Morgan fingerprint density at radius 2 is 2.18 bits per heavy atom. The maximum atomic E-state index is 13.1. The average molecular weight is 382 g/mol. The van der Waals surface area contributed by atoms with Gasteiger partial charge in [0.05, 0.1) is 18.4 Å². The maximum Gasteiger partial charge on any atom is 0.258 e. The molecule has 0 radical (unpaired) electrons. The third kappa shape index (κ3) is 3.45. The van der Waals surface area contributed by atoms with E-state index in [1.807, 2.05) is 19.1 Å². The molecule has 1 aliphatic heterocycles. The van der Waals surface area contributed by atoms with E-state index in [9.17, 15) is 9.18 Å². The van der Waals surface area contributed by atoms with Crippen LogP contribution in [0.25, 0.3) is 11.5 Å². The Morgan fingerprint density at radius 3 is 2.96 bits per heavy atom. The number of hydrogen-bond donors (Lipinski definition) is 0. The standard InChI is InChI=1S/C20H19FN4O3/c1-2-27-17-8-4-3-6-14(17)20(26)25-11-5-7-16(25)19-23-18(24-28-19)15-10-9-13(21)12-22-15/h3-4,6,8-10,12,16H,2,5,7,11H2,1H3. The zero-order chi connectivity index (χ0) is 19.5. The van der Waals surface area contributed by atoms with Crippen molar-refractivity contribution in [2.75, 3.05) is 13.2 Å². The lowest BCUT2D eigenvalue weighted by Gasteiger charge is -2.23. The van der Waals surface area contributed by atoms with E-state index >= 15 is 0 Å². The summed E-state index contributed by atoms with van der Waals surface area (Å²) >= 11 is 0. The topological polar surface area (TPSA) is 81.4 Å². The molecule has 144 valence electrons. The number of ether oxygens (including phenoxy) is 1. The van der Waals surface area contributed by atoms with Gasteiger partial charge in [-0.1, -0.05) is 17.3 Å². The Kier molecular flexibility index (Phi) is 5.01. The zero-order valence-electron chi connectivity index (χ0n) is 15.3. The number of halogens is 1. The van der Waals surface area contributed by atoms with Crippen molar-refractivity contribution in [3.8, 4) is 17.3 Å². The molecule has 1 fully saturated rings. The molecule has 0 bridgehead atoms. The van der Waals surface area contributed by atoms with Gasteiger partial charge in [-0.25, -0.2) is 9.37 Å². The molecule has 0 spiro atoms. The van der Waals surface area contributed by atoms with Crippen LogP contribution in [0.2, 0.25) is 0 Å². The molecule has 0 aliphatic carbocycles. The molecular formula is C20H19FN4O3. The van der Waals surface area contributed by atoms with E-state index in [0.29, 0.717) is 36.0 Å². The third-order valence-corrected chi connectivity index (χ3v) is 4.61. The number of aromatic nitrogens is 3. The van der Waals surface area contributed by atoms with Gasteiger partial charge in [-0.05, 0) is 44.0 Å². The minimum atomic E-state index is -0.437. The molecule has 28 heavy (non-hydrogen) atoms. The van der Waals surface area contributed by atoms with Crippen LogP contribution in [0.15, 0.2) is 47.1 Å². The second-order valence-electron chi connectivity index (χ2n) is 6.40. The van der Waals surface area contributed by atoms with Gasteiger partial charge >= 0.3 is 0 Å². The number of para-hydroxylation sites is 1. The number of hydrogen-bond acceptors (Lipinski definition) is 6. The van der Waals surface area contributed by atoms with Gasteiger partial charge in [0.1, 0.15) is 23.3 Å². The van der Waals surface area contributed by atoms with E-state index in [1.165, 1.54) is 12.1 Å². The fourth-order valence-electron chi connectivity index (χ4n) is 3.33. The van der Waals surface area contributed by atoms with Crippen LogP contribution in [0.3, 0.4) is 0 Å². The first-order valence-corrected chi connectivity index (χ1v) is 9.15. The fourth-order valence-corrected chi connectivity index (χ4v) is 3.33. The van der Waals surface area contributed by atoms with Gasteiger partial charge in [0.25, 0.3) is 5.91 Å². The maximum absolute atomic E-state index is 13.1. The van der Waals surface area contributed by atoms with Gasteiger partial charge in [0, 0.05) is 6.54 Å². The predicted molar refractivity (Wildman–Crippen MR) is 98.1 cm³/mol. The van der Waals surface area contributed by atoms with Crippen LogP contribution in [0.1, 0.15) is 42.1 Å². The minimum absolute atomic E-state index is 0.133. The van der Waals surface area contributed by atoms with E-state index in [-0.39, 0.29) is 17.8 Å². The molecule has 2 aromatic heterocycles. The lowest BCUT2D eigenvalue weighted by atomic mass is 10.1. The van der Waals surface area contributed by atoms with Crippen LogP contribution >= 0.6 is 0 Å². The molecule has 3 aromatic rings. The Bertz CT molecular complexity index is 974. The molecule has 7 nitrogen and oxygen atoms in total. The van der Waals surface area contributed by atoms with Gasteiger partial charge in [-0.2, -0.15) is 4.98 Å². The summed E-state index contributed by atoms with van der Waals surface area (Å²) < 4.78 is 24.1. The number of rotatable bonds is 5. The average Bonchev–Trinajstić information content (AvgIpc) is 3.38. The van der Waals surface area contributed by atoms with Crippen LogP contribution in [0.4, 0.5) is 4.39 Å². The summed E-state index contributed by atoms with van der Waals surface area (Å²) in [7, 11) is 0. The normalized spacial score (nSPS) is 16.4. The zero-order valence-corrected chi connectivity index (χ0v) is 15.3. The molecule has 1 saturated heterocycles. The molecule has 1 aromatic carbocycles. The van der Waals surface area contributed by atoms with Crippen molar-refractivity contribution < 1.29 is 18.4 Å². The van der Waals surface area contributed by atoms with Crippen LogP contribution in [-0.4, -0.2) is 39.1 Å². The molecule has 1 amide bonds. The molecule has 1 atom stereocenters. The van der Waals surface area contributed by atoms with E-state index in [4.69, 9.17) is 9.26 Å². The Labute approximate surface area is 161 Å². The number of carbonyl (C=O) groups excluding carboxylic acids is 1. The summed E-state index contributed by atoms with van der Waals surface area (Å²) in [5.74, 6) is 0.603. The van der Waals surface area contributed by atoms with Gasteiger partial charge < -0.3 is 14.2 Å². The van der Waals surface area contributed by atoms with Crippen molar-refractivity contribution >= 4 is 5.91 Å². The lowest BCUT2D eigenvalue weighted by Crippen LogP contribution is -2.31. The second-order valence-corrected chi connectivity index (χ2v) is 6.40. The summed E-state index contributed by atoms with van der Waals surface area (Å²) in [5, 5.41) is 3.94. The van der Waals surface area contributed by atoms with Crippen molar-refractivity contribution in [1.82, 2.24) is 20.0 Å². The monoisotopic (exact) mass is 382 g/mol. The number of amides is 1. The van der Waals surface area contributed by atoms with Crippen molar-refractivity contribution in [2.24, 2.45) is 0 Å². The Morgan fingerprint density at radius 1 is 1.32 bits per heavy atom. The number of benzene rings is 1. The van der Waals surface area contributed by atoms with Gasteiger partial charge in [-0.3, -0.25) is 4.79 Å². The van der Waals surface area contributed by atoms with E-state index in [1.54, 1.807) is 17.0 Å². The Balaban J connectivity index is 1.59. The van der Waals surface area contributed by atoms with Crippen LogP contribution < -0.4 is 4.74 Å². The molecule has 8 heteroatoms. The van der Waals surface area contributed by atoms with Gasteiger partial charge in [-0.15, -0.1) is 0 Å². The van der Waals surface area contributed by atoms with Crippen molar-refractivity contribution in [2.45, 2.75) is 25.8 Å². The highest BCUT2D eigenvalue weighted by molar-refractivity contribution is 5.97. The summed E-state index contributed by atoms with van der Waals surface area (Å²) in [4.78, 5) is 23.2. The molecule has 0 N–H and O–H groups in total. The molecule has 4 rings (SSSR count). The SMILES string of the molecule is CCOc1ccccc1C(=O)N1CCCC1c1nc(-c2ccc(F)cn2)no1. The fraction of sp³-hybridized carbons (Fsp3) is 0.300. The molecule has 1 aliphatic rings. The number of pyridine rings is 1. The lowest BCUT2D eigenvalue weighted by molar-refractivity contribution is 0.0706. The first-order chi connectivity index (χ1) is 13.7. The smallest absolute Gasteiger partial charge is 0.258 e. The van der Waals surface area contributed by atoms with Crippen molar-refractivity contribution in [1.29, 1.82) is 0 Å². The summed E-state index contributed by atoms with van der Waals surface area (Å²) in [6.07, 6.45) is 2.65. The summed E-state index contributed by atoms with van der Waals surface area (Å²) in [6, 6.07) is 9.64. The van der Waals surface area contributed by atoms with Gasteiger partial charge in [0.15, 0.2) is 0 Å².